The number of hydrogen-bond donors (Lipinski definition) is 1. The number of fused-ring (bicyclic) bond motifs is 1. The average molecular weight is 397 g/mol. The fourth-order valence-corrected chi connectivity index (χ4v) is 2.95. The van der Waals surface area contributed by atoms with E-state index in [1.165, 1.54) is 0 Å². The van der Waals surface area contributed by atoms with Gasteiger partial charge in [0.05, 0.1) is 20.8 Å². The van der Waals surface area contributed by atoms with E-state index in [0.717, 1.165) is 5.56 Å². The molecule has 1 N–H and O–H groups in total. The molecule has 1 aromatic carbocycles. The Morgan fingerprint density at radius 2 is 1.90 bits per heavy atom. The van der Waals surface area contributed by atoms with Crippen LogP contribution in [0.1, 0.15) is 29.4 Å². The SMILES string of the molecule is CCOC(=O)c1nc2ccccn2c1NC(=O)CCc1ccc(OC)c(OC)c1. The molecule has 152 valence electrons. The number of aromatic nitrogens is 2. The number of pyridine rings is 1. The number of methoxy groups -OCH3 is 2. The maximum atomic E-state index is 12.6. The van der Waals surface area contributed by atoms with Crippen molar-refractivity contribution in [2.45, 2.75) is 19.8 Å². The summed E-state index contributed by atoms with van der Waals surface area (Å²) in [6.45, 7) is 1.94. The number of amides is 1. The lowest BCUT2D eigenvalue weighted by atomic mass is 10.1. The summed E-state index contributed by atoms with van der Waals surface area (Å²) in [5, 5.41) is 2.80. The number of benzene rings is 1. The van der Waals surface area contributed by atoms with Gasteiger partial charge in [-0.3, -0.25) is 9.20 Å². The fraction of sp³-hybridized carbons (Fsp3) is 0.286. The Balaban J connectivity index is 1.76. The number of anilines is 1. The van der Waals surface area contributed by atoms with Gasteiger partial charge in [0.2, 0.25) is 5.91 Å². The van der Waals surface area contributed by atoms with Gasteiger partial charge < -0.3 is 19.5 Å². The van der Waals surface area contributed by atoms with Gasteiger partial charge in [-0.2, -0.15) is 0 Å². The van der Waals surface area contributed by atoms with Gasteiger partial charge in [-0.25, -0.2) is 9.78 Å². The molecule has 8 heteroatoms. The van der Waals surface area contributed by atoms with E-state index < -0.39 is 5.97 Å². The Hall–Kier alpha value is -3.55. The van der Waals surface area contributed by atoms with Gasteiger partial charge in [0, 0.05) is 12.6 Å². The van der Waals surface area contributed by atoms with Gasteiger partial charge in [-0.15, -0.1) is 0 Å². The second-order valence-electron chi connectivity index (χ2n) is 6.20. The summed E-state index contributed by atoms with van der Waals surface area (Å²) in [5.41, 5.74) is 1.56. The Morgan fingerprint density at radius 3 is 2.62 bits per heavy atom. The molecular weight excluding hydrogens is 374 g/mol. The van der Waals surface area contributed by atoms with Crippen LogP contribution >= 0.6 is 0 Å². The number of esters is 1. The van der Waals surface area contributed by atoms with Crippen molar-refractivity contribution in [2.24, 2.45) is 0 Å². The fourth-order valence-electron chi connectivity index (χ4n) is 2.95. The molecule has 2 heterocycles. The van der Waals surface area contributed by atoms with E-state index in [2.05, 4.69) is 10.3 Å². The standard InChI is InChI=1S/C21H23N3O5/c1-4-29-21(26)19-20(24-12-6-5-7-17(24)22-19)23-18(25)11-9-14-8-10-15(27-2)16(13-14)28-3/h5-8,10,12-13H,4,9,11H2,1-3H3,(H,23,25). The van der Waals surface area contributed by atoms with Gasteiger partial charge in [0.1, 0.15) is 5.65 Å². The van der Waals surface area contributed by atoms with Gasteiger partial charge in [0.25, 0.3) is 0 Å². The van der Waals surface area contributed by atoms with Crippen LogP contribution in [0.25, 0.3) is 5.65 Å². The Morgan fingerprint density at radius 1 is 1.10 bits per heavy atom. The summed E-state index contributed by atoms with van der Waals surface area (Å²) < 4.78 is 17.2. The van der Waals surface area contributed by atoms with E-state index in [1.54, 1.807) is 56.0 Å². The summed E-state index contributed by atoms with van der Waals surface area (Å²) in [6.07, 6.45) is 2.45. The maximum absolute atomic E-state index is 12.6. The summed E-state index contributed by atoms with van der Waals surface area (Å²) in [7, 11) is 3.14. The molecule has 0 spiro atoms. The predicted octanol–water partition coefficient (Wildman–Crippen LogP) is 3.10. The monoisotopic (exact) mass is 397 g/mol. The molecular formula is C21H23N3O5. The lowest BCUT2D eigenvalue weighted by Gasteiger charge is -2.10. The van der Waals surface area contributed by atoms with Crippen LogP contribution in [0.2, 0.25) is 0 Å². The third-order valence-electron chi connectivity index (χ3n) is 4.35. The highest BCUT2D eigenvalue weighted by atomic mass is 16.5. The van der Waals surface area contributed by atoms with E-state index in [-0.39, 0.29) is 24.6 Å². The molecule has 3 aromatic rings. The van der Waals surface area contributed by atoms with Crippen molar-refractivity contribution in [3.05, 3.63) is 53.9 Å². The highest BCUT2D eigenvalue weighted by Crippen LogP contribution is 2.28. The van der Waals surface area contributed by atoms with E-state index >= 15 is 0 Å². The van der Waals surface area contributed by atoms with E-state index in [1.807, 2.05) is 12.1 Å². The number of carbonyl (C=O) groups excluding carboxylic acids is 2. The zero-order valence-corrected chi connectivity index (χ0v) is 16.6. The largest absolute Gasteiger partial charge is 0.493 e. The molecule has 0 aliphatic rings. The molecule has 8 nitrogen and oxygen atoms in total. The topological polar surface area (TPSA) is 91.2 Å². The smallest absolute Gasteiger partial charge is 0.360 e. The van der Waals surface area contributed by atoms with Gasteiger partial charge in [-0.1, -0.05) is 12.1 Å². The summed E-state index contributed by atoms with van der Waals surface area (Å²) >= 11 is 0. The second kappa shape index (κ2) is 9.09. The van der Waals surface area contributed by atoms with E-state index in [9.17, 15) is 9.59 Å². The molecule has 0 fully saturated rings. The molecule has 0 atom stereocenters. The van der Waals surface area contributed by atoms with Crippen LogP contribution in [-0.2, 0) is 16.0 Å². The number of imidazole rings is 1. The van der Waals surface area contributed by atoms with Crippen molar-refractivity contribution < 1.29 is 23.8 Å². The number of hydrogen-bond acceptors (Lipinski definition) is 6. The average Bonchev–Trinajstić information content (AvgIpc) is 3.10. The molecule has 0 aliphatic heterocycles. The van der Waals surface area contributed by atoms with Crippen molar-refractivity contribution in [2.75, 3.05) is 26.1 Å². The first-order chi connectivity index (χ1) is 14.1. The van der Waals surface area contributed by atoms with Crippen LogP contribution in [0.15, 0.2) is 42.6 Å². The van der Waals surface area contributed by atoms with Crippen molar-refractivity contribution in [1.29, 1.82) is 0 Å². The highest BCUT2D eigenvalue weighted by molar-refractivity contribution is 6.00. The van der Waals surface area contributed by atoms with Gasteiger partial charge in [-0.05, 0) is 43.2 Å². The number of carbonyl (C=O) groups is 2. The van der Waals surface area contributed by atoms with Crippen LogP contribution < -0.4 is 14.8 Å². The summed E-state index contributed by atoms with van der Waals surface area (Å²) in [5.74, 6) is 0.723. The Bertz CT molecular complexity index is 1030. The molecule has 0 radical (unpaired) electrons. The van der Waals surface area contributed by atoms with Crippen molar-refractivity contribution in [1.82, 2.24) is 9.38 Å². The molecule has 29 heavy (non-hydrogen) atoms. The lowest BCUT2D eigenvalue weighted by molar-refractivity contribution is -0.116. The minimum absolute atomic E-state index is 0.0810. The predicted molar refractivity (Wildman–Crippen MR) is 108 cm³/mol. The second-order valence-corrected chi connectivity index (χ2v) is 6.20. The molecule has 0 saturated carbocycles. The van der Waals surface area contributed by atoms with Gasteiger partial charge >= 0.3 is 5.97 Å². The number of nitrogens with one attached hydrogen (secondary N) is 1. The van der Waals surface area contributed by atoms with Gasteiger partial charge in [0.15, 0.2) is 23.0 Å². The third kappa shape index (κ3) is 4.48. The highest BCUT2D eigenvalue weighted by Gasteiger charge is 2.21. The zero-order valence-electron chi connectivity index (χ0n) is 16.6. The minimum atomic E-state index is -0.577. The maximum Gasteiger partial charge on any atom is 0.360 e. The van der Waals surface area contributed by atoms with Crippen LogP contribution in [0.5, 0.6) is 11.5 Å². The van der Waals surface area contributed by atoms with Crippen LogP contribution in [-0.4, -0.2) is 42.1 Å². The molecule has 0 bridgehead atoms. The van der Waals surface area contributed by atoms with Crippen LogP contribution in [0.3, 0.4) is 0 Å². The first-order valence-electron chi connectivity index (χ1n) is 9.22. The normalized spacial score (nSPS) is 10.6. The molecule has 0 unspecified atom stereocenters. The molecule has 0 saturated heterocycles. The Labute approximate surface area is 168 Å². The van der Waals surface area contributed by atoms with Crippen molar-refractivity contribution >= 4 is 23.3 Å². The quantitative estimate of drug-likeness (QED) is 0.588. The summed E-state index contributed by atoms with van der Waals surface area (Å²) in [4.78, 5) is 29.1. The van der Waals surface area contributed by atoms with Crippen molar-refractivity contribution in [3.8, 4) is 11.5 Å². The number of aryl methyl sites for hydroxylation is 1. The number of ether oxygens (including phenoxy) is 3. The zero-order chi connectivity index (χ0) is 20.8. The number of nitrogens with zero attached hydrogens (tertiary/aromatic N) is 2. The molecule has 0 aliphatic carbocycles. The first kappa shape index (κ1) is 20.2. The van der Waals surface area contributed by atoms with Crippen molar-refractivity contribution in [3.63, 3.8) is 0 Å². The lowest BCUT2D eigenvalue weighted by Crippen LogP contribution is -2.17. The summed E-state index contributed by atoms with van der Waals surface area (Å²) in [6, 6.07) is 10.9. The third-order valence-corrected chi connectivity index (χ3v) is 4.35. The van der Waals surface area contributed by atoms with Crippen LogP contribution in [0, 0.1) is 0 Å². The Kier molecular flexibility index (Phi) is 6.33. The minimum Gasteiger partial charge on any atom is -0.493 e. The van der Waals surface area contributed by atoms with Crippen LogP contribution in [0.4, 0.5) is 5.82 Å². The van der Waals surface area contributed by atoms with E-state index in [0.29, 0.717) is 29.4 Å². The molecule has 2 aromatic heterocycles. The van der Waals surface area contributed by atoms with E-state index in [4.69, 9.17) is 14.2 Å². The number of rotatable bonds is 8. The first-order valence-corrected chi connectivity index (χ1v) is 9.22. The molecule has 1 amide bonds. The molecule has 3 rings (SSSR count).